The number of nitriles is 1. The van der Waals surface area contributed by atoms with E-state index in [0.717, 1.165) is 18.5 Å². The van der Waals surface area contributed by atoms with Gasteiger partial charge in [0.15, 0.2) is 0 Å². The van der Waals surface area contributed by atoms with E-state index in [0.29, 0.717) is 11.6 Å². The average molecular weight is 254 g/mol. The van der Waals surface area contributed by atoms with Crippen LogP contribution in [0, 0.1) is 21.4 Å². The van der Waals surface area contributed by atoms with Crippen LogP contribution in [-0.2, 0) is 0 Å². The minimum Gasteiger partial charge on any atom is -0.258 e. The van der Waals surface area contributed by atoms with Crippen LogP contribution in [0.15, 0.2) is 30.5 Å². The summed E-state index contributed by atoms with van der Waals surface area (Å²) in [4.78, 5) is 10.2. The summed E-state index contributed by atoms with van der Waals surface area (Å²) < 4.78 is 1.61. The zero-order valence-corrected chi connectivity index (χ0v) is 9.98. The summed E-state index contributed by atoms with van der Waals surface area (Å²) >= 11 is 0. The number of rotatable bonds is 3. The maximum Gasteiger partial charge on any atom is 0.270 e. The van der Waals surface area contributed by atoms with Gasteiger partial charge in [-0.3, -0.25) is 10.1 Å². The molecular formula is C13H10N4O2. The van der Waals surface area contributed by atoms with E-state index >= 15 is 0 Å². The highest BCUT2D eigenvalue weighted by Gasteiger charge is 2.26. The third-order valence-corrected chi connectivity index (χ3v) is 3.16. The minimum atomic E-state index is -0.511. The van der Waals surface area contributed by atoms with Gasteiger partial charge in [-0.25, -0.2) is 4.68 Å². The number of hydrogen-bond donors (Lipinski definition) is 0. The molecular weight excluding hydrogens is 244 g/mol. The molecule has 6 heteroatoms. The summed E-state index contributed by atoms with van der Waals surface area (Å²) in [5.74, 6) is 0.532. The Morgan fingerprint density at radius 2 is 2.21 bits per heavy atom. The highest BCUT2D eigenvalue weighted by molar-refractivity contribution is 5.54. The van der Waals surface area contributed by atoms with Crippen molar-refractivity contribution in [3.63, 3.8) is 0 Å². The van der Waals surface area contributed by atoms with E-state index in [1.807, 2.05) is 12.1 Å². The molecule has 1 aliphatic carbocycles. The van der Waals surface area contributed by atoms with E-state index in [1.54, 1.807) is 16.9 Å². The van der Waals surface area contributed by atoms with Crippen molar-refractivity contribution in [2.45, 2.75) is 18.8 Å². The third-order valence-electron chi connectivity index (χ3n) is 3.16. The Labute approximate surface area is 109 Å². The van der Waals surface area contributed by atoms with Gasteiger partial charge in [0.05, 0.1) is 21.9 Å². The number of non-ortho nitro benzene ring substituents is 1. The molecule has 0 N–H and O–H groups in total. The lowest BCUT2D eigenvalue weighted by Crippen LogP contribution is -2.00. The van der Waals surface area contributed by atoms with Crippen molar-refractivity contribution >= 4 is 5.69 Å². The Morgan fingerprint density at radius 3 is 2.84 bits per heavy atom. The second kappa shape index (κ2) is 4.21. The number of nitro groups is 1. The molecule has 0 aliphatic heterocycles. The number of benzene rings is 1. The number of aromatic nitrogens is 2. The normalized spacial score (nSPS) is 14.1. The Bertz CT molecular complexity index is 695. The first-order valence-electron chi connectivity index (χ1n) is 5.93. The molecule has 94 valence electrons. The number of hydrogen-bond acceptors (Lipinski definition) is 4. The van der Waals surface area contributed by atoms with Crippen LogP contribution >= 0.6 is 0 Å². The molecule has 0 radical (unpaired) electrons. The van der Waals surface area contributed by atoms with E-state index in [2.05, 4.69) is 5.10 Å². The summed E-state index contributed by atoms with van der Waals surface area (Å²) in [5, 5.41) is 24.2. The van der Waals surface area contributed by atoms with Crippen LogP contribution in [0.2, 0.25) is 0 Å². The summed E-state index contributed by atoms with van der Waals surface area (Å²) in [7, 11) is 0. The van der Waals surface area contributed by atoms with Gasteiger partial charge in [0.25, 0.3) is 5.69 Å². The largest absolute Gasteiger partial charge is 0.270 e. The lowest BCUT2D eigenvalue weighted by molar-refractivity contribution is -0.384. The molecule has 3 rings (SSSR count). The molecule has 1 heterocycles. The molecule has 0 saturated heterocycles. The predicted octanol–water partition coefficient (Wildman–Crippen LogP) is 2.53. The summed E-state index contributed by atoms with van der Waals surface area (Å²) in [6.07, 6.45) is 4.10. The lowest BCUT2D eigenvalue weighted by atomic mass is 10.2. The second-order valence-corrected chi connectivity index (χ2v) is 4.53. The molecule has 0 amide bonds. The van der Waals surface area contributed by atoms with Gasteiger partial charge in [-0.15, -0.1) is 0 Å². The van der Waals surface area contributed by atoms with Crippen molar-refractivity contribution in [1.82, 2.24) is 9.78 Å². The van der Waals surface area contributed by atoms with Crippen molar-refractivity contribution in [3.8, 4) is 11.8 Å². The van der Waals surface area contributed by atoms with Crippen molar-refractivity contribution in [3.05, 3.63) is 51.8 Å². The van der Waals surface area contributed by atoms with Crippen molar-refractivity contribution < 1.29 is 4.92 Å². The lowest BCUT2D eigenvalue weighted by Gasteiger charge is -2.03. The molecule has 0 bridgehead atoms. The Hall–Kier alpha value is -2.68. The quantitative estimate of drug-likeness (QED) is 0.622. The SMILES string of the molecule is N#Cc1cc([N+](=O)[O-])ccc1-n1ccc(C2CC2)n1. The zero-order chi connectivity index (χ0) is 13.4. The van der Waals surface area contributed by atoms with Crippen molar-refractivity contribution in [2.24, 2.45) is 0 Å². The van der Waals surface area contributed by atoms with Crippen LogP contribution in [0.5, 0.6) is 0 Å². The first-order valence-corrected chi connectivity index (χ1v) is 5.93. The summed E-state index contributed by atoms with van der Waals surface area (Å²) in [6, 6.07) is 8.12. The Kier molecular flexibility index (Phi) is 2.53. The zero-order valence-electron chi connectivity index (χ0n) is 9.98. The van der Waals surface area contributed by atoms with Gasteiger partial charge in [0, 0.05) is 24.2 Å². The number of nitro benzene ring substituents is 1. The smallest absolute Gasteiger partial charge is 0.258 e. The highest BCUT2D eigenvalue weighted by atomic mass is 16.6. The van der Waals surface area contributed by atoms with Crippen LogP contribution in [0.1, 0.15) is 30.0 Å². The van der Waals surface area contributed by atoms with Gasteiger partial charge in [-0.1, -0.05) is 0 Å². The Balaban J connectivity index is 2.03. The first kappa shape index (κ1) is 11.4. The van der Waals surface area contributed by atoms with Gasteiger partial charge >= 0.3 is 0 Å². The second-order valence-electron chi connectivity index (χ2n) is 4.53. The highest BCUT2D eigenvalue weighted by Crippen LogP contribution is 2.39. The molecule has 1 fully saturated rings. The van der Waals surface area contributed by atoms with E-state index in [-0.39, 0.29) is 11.3 Å². The molecule has 0 unspecified atom stereocenters. The van der Waals surface area contributed by atoms with Crippen LogP contribution in [0.4, 0.5) is 5.69 Å². The monoisotopic (exact) mass is 254 g/mol. The standard InChI is InChI=1S/C13H10N4O2/c14-8-10-7-11(17(18)19)3-4-13(10)16-6-5-12(15-16)9-1-2-9/h3-7,9H,1-2H2. The molecule has 1 aromatic carbocycles. The fourth-order valence-corrected chi connectivity index (χ4v) is 2.00. The van der Waals surface area contributed by atoms with Crippen LogP contribution < -0.4 is 0 Å². The van der Waals surface area contributed by atoms with Gasteiger partial charge in [0.1, 0.15) is 6.07 Å². The van der Waals surface area contributed by atoms with E-state index in [9.17, 15) is 10.1 Å². The van der Waals surface area contributed by atoms with Gasteiger partial charge in [-0.2, -0.15) is 10.4 Å². The maximum absolute atomic E-state index is 10.7. The molecule has 0 spiro atoms. The maximum atomic E-state index is 10.7. The Morgan fingerprint density at radius 1 is 1.42 bits per heavy atom. The first-order chi connectivity index (χ1) is 9.19. The molecule has 1 aromatic heterocycles. The fourth-order valence-electron chi connectivity index (χ4n) is 2.00. The molecule has 0 atom stereocenters. The van der Waals surface area contributed by atoms with Crippen LogP contribution in [-0.4, -0.2) is 14.7 Å². The number of nitrogens with zero attached hydrogens (tertiary/aromatic N) is 4. The van der Waals surface area contributed by atoms with Crippen molar-refractivity contribution in [2.75, 3.05) is 0 Å². The topological polar surface area (TPSA) is 84.7 Å². The molecule has 1 saturated carbocycles. The summed E-state index contributed by atoms with van der Waals surface area (Å²) in [6.45, 7) is 0. The molecule has 2 aromatic rings. The third kappa shape index (κ3) is 2.06. The summed E-state index contributed by atoms with van der Waals surface area (Å²) in [5.41, 5.74) is 1.75. The van der Waals surface area contributed by atoms with Gasteiger partial charge < -0.3 is 0 Å². The predicted molar refractivity (Wildman–Crippen MR) is 66.9 cm³/mol. The van der Waals surface area contributed by atoms with Gasteiger partial charge in [0.2, 0.25) is 0 Å². The fraction of sp³-hybridized carbons (Fsp3) is 0.231. The van der Waals surface area contributed by atoms with E-state index < -0.39 is 4.92 Å². The molecule has 19 heavy (non-hydrogen) atoms. The van der Waals surface area contributed by atoms with Crippen LogP contribution in [0.25, 0.3) is 5.69 Å². The van der Waals surface area contributed by atoms with Gasteiger partial charge in [-0.05, 0) is 25.0 Å². The van der Waals surface area contributed by atoms with Crippen LogP contribution in [0.3, 0.4) is 0 Å². The van der Waals surface area contributed by atoms with Crippen molar-refractivity contribution in [1.29, 1.82) is 5.26 Å². The average Bonchev–Trinajstić information content (AvgIpc) is 3.16. The molecule has 1 aliphatic rings. The minimum absolute atomic E-state index is 0.0881. The van der Waals surface area contributed by atoms with E-state index in [4.69, 9.17) is 5.26 Å². The molecule has 6 nitrogen and oxygen atoms in total. The van der Waals surface area contributed by atoms with E-state index in [1.165, 1.54) is 12.1 Å².